The third kappa shape index (κ3) is 3.23. The molecule has 1 N–H and O–H groups in total. The summed E-state index contributed by atoms with van der Waals surface area (Å²) < 4.78 is 2.26. The van der Waals surface area contributed by atoms with Gasteiger partial charge in [-0.15, -0.1) is 0 Å². The minimum atomic E-state index is 0.733. The zero-order valence-corrected chi connectivity index (χ0v) is 14.5. The van der Waals surface area contributed by atoms with Crippen molar-refractivity contribution in [2.45, 2.75) is 27.7 Å². The molecular weight excluding hydrogens is 296 g/mol. The summed E-state index contributed by atoms with van der Waals surface area (Å²) in [5, 5.41) is 4.30. The van der Waals surface area contributed by atoms with E-state index in [0.717, 1.165) is 11.4 Å². The number of nitrogens with zero attached hydrogens (tertiary/aromatic N) is 3. The van der Waals surface area contributed by atoms with Crippen molar-refractivity contribution < 1.29 is 0 Å². The van der Waals surface area contributed by atoms with Crippen LogP contribution >= 0.6 is 0 Å². The summed E-state index contributed by atoms with van der Waals surface area (Å²) in [4.78, 5) is 4.19. The molecule has 0 unspecified atom stereocenters. The van der Waals surface area contributed by atoms with E-state index < -0.39 is 0 Å². The zero-order chi connectivity index (χ0) is 17.1. The molecule has 0 fully saturated rings. The molecule has 0 aliphatic rings. The van der Waals surface area contributed by atoms with Gasteiger partial charge in [0.15, 0.2) is 0 Å². The Morgan fingerprint density at radius 2 is 1.83 bits per heavy atom. The normalized spacial score (nSPS) is 11.2. The highest BCUT2D eigenvalue weighted by molar-refractivity contribution is 5.82. The molecule has 3 aromatic rings. The molecule has 3 rings (SSSR count). The quantitative estimate of drug-likeness (QED) is 0.566. The molecule has 0 bridgehead atoms. The van der Waals surface area contributed by atoms with Crippen LogP contribution in [0.1, 0.15) is 28.1 Å². The molecule has 0 aliphatic carbocycles. The molecular formula is C20H22N4. The van der Waals surface area contributed by atoms with Crippen molar-refractivity contribution >= 4 is 12.0 Å². The maximum atomic E-state index is 4.30. The van der Waals surface area contributed by atoms with Crippen molar-refractivity contribution in [3.05, 3.63) is 76.7 Å². The van der Waals surface area contributed by atoms with E-state index in [1.807, 2.05) is 24.4 Å². The fraction of sp³-hybridized carbons (Fsp3) is 0.200. The third-order valence-electron chi connectivity index (χ3n) is 4.27. The number of hydrogen-bond donors (Lipinski definition) is 1. The van der Waals surface area contributed by atoms with Crippen molar-refractivity contribution in [1.82, 2.24) is 9.55 Å². The highest BCUT2D eigenvalue weighted by Gasteiger charge is 2.10. The van der Waals surface area contributed by atoms with Gasteiger partial charge in [0, 0.05) is 28.8 Å². The van der Waals surface area contributed by atoms with Crippen molar-refractivity contribution in [2.24, 2.45) is 5.10 Å². The average molecular weight is 318 g/mol. The first-order valence-corrected chi connectivity index (χ1v) is 8.03. The minimum Gasteiger partial charge on any atom is -0.318 e. The standard InChI is InChI=1S/C20H22N4/c1-14-8-9-19(11-15(14)2)24-16(3)12-18(17(24)4)13-22-23-20-7-5-6-10-21-20/h5-13H,1-4H3,(H,21,23). The number of rotatable bonds is 4. The fourth-order valence-corrected chi connectivity index (χ4v) is 2.78. The van der Waals surface area contributed by atoms with Crippen LogP contribution in [0.5, 0.6) is 0 Å². The molecule has 24 heavy (non-hydrogen) atoms. The Labute approximate surface area is 142 Å². The van der Waals surface area contributed by atoms with Crippen molar-refractivity contribution in [3.63, 3.8) is 0 Å². The molecule has 1 aromatic carbocycles. The molecule has 0 spiro atoms. The Morgan fingerprint density at radius 1 is 1.00 bits per heavy atom. The highest BCUT2D eigenvalue weighted by atomic mass is 15.3. The topological polar surface area (TPSA) is 42.2 Å². The predicted octanol–water partition coefficient (Wildman–Crippen LogP) is 4.55. The lowest BCUT2D eigenvalue weighted by molar-refractivity contribution is 0.961. The van der Waals surface area contributed by atoms with Gasteiger partial charge < -0.3 is 4.57 Å². The molecule has 0 aliphatic heterocycles. The van der Waals surface area contributed by atoms with Crippen LogP contribution in [0.15, 0.2) is 53.8 Å². The van der Waals surface area contributed by atoms with Gasteiger partial charge in [0.1, 0.15) is 5.82 Å². The summed E-state index contributed by atoms with van der Waals surface area (Å²) in [6.45, 7) is 8.51. The molecule has 4 nitrogen and oxygen atoms in total. The Hall–Kier alpha value is -2.88. The summed E-state index contributed by atoms with van der Waals surface area (Å²) in [6.07, 6.45) is 3.58. The first-order chi connectivity index (χ1) is 11.6. The van der Waals surface area contributed by atoms with Crippen molar-refractivity contribution in [2.75, 3.05) is 5.43 Å². The monoisotopic (exact) mass is 318 g/mol. The number of aromatic nitrogens is 2. The van der Waals surface area contributed by atoms with E-state index in [4.69, 9.17) is 0 Å². The number of pyridine rings is 1. The second-order valence-electron chi connectivity index (χ2n) is 6.02. The second kappa shape index (κ2) is 6.71. The molecule has 0 saturated heterocycles. The van der Waals surface area contributed by atoms with E-state index >= 15 is 0 Å². The zero-order valence-electron chi connectivity index (χ0n) is 14.5. The first kappa shape index (κ1) is 16.0. The summed E-state index contributed by atoms with van der Waals surface area (Å²) in [7, 11) is 0. The van der Waals surface area contributed by atoms with Crippen LogP contribution in [0, 0.1) is 27.7 Å². The summed E-state index contributed by atoms with van der Waals surface area (Å²) in [5.41, 5.74) is 10.2. The molecule has 2 aromatic heterocycles. The van der Waals surface area contributed by atoms with Gasteiger partial charge in [0.2, 0.25) is 0 Å². The molecule has 0 radical (unpaired) electrons. The van der Waals surface area contributed by atoms with E-state index in [0.29, 0.717) is 0 Å². The van der Waals surface area contributed by atoms with Gasteiger partial charge in [-0.2, -0.15) is 5.10 Å². The van der Waals surface area contributed by atoms with Crippen LogP contribution in [0.25, 0.3) is 5.69 Å². The highest BCUT2D eigenvalue weighted by Crippen LogP contribution is 2.21. The van der Waals surface area contributed by atoms with E-state index in [9.17, 15) is 0 Å². The maximum Gasteiger partial charge on any atom is 0.146 e. The SMILES string of the molecule is Cc1ccc(-n2c(C)cc(C=NNc3ccccn3)c2C)cc1C. The first-order valence-electron chi connectivity index (χ1n) is 8.03. The van der Waals surface area contributed by atoms with E-state index in [1.165, 1.54) is 28.2 Å². The fourth-order valence-electron chi connectivity index (χ4n) is 2.78. The van der Waals surface area contributed by atoms with Gasteiger partial charge >= 0.3 is 0 Å². The van der Waals surface area contributed by atoms with Crippen LogP contribution in [-0.4, -0.2) is 15.8 Å². The smallest absolute Gasteiger partial charge is 0.146 e. The van der Waals surface area contributed by atoms with Crippen LogP contribution in [0.2, 0.25) is 0 Å². The number of anilines is 1. The molecule has 2 heterocycles. The van der Waals surface area contributed by atoms with Crippen molar-refractivity contribution in [3.8, 4) is 5.69 Å². The average Bonchev–Trinajstić information content (AvgIpc) is 2.85. The molecule has 0 amide bonds. The van der Waals surface area contributed by atoms with Crippen LogP contribution < -0.4 is 5.43 Å². The number of nitrogens with one attached hydrogen (secondary N) is 1. The lowest BCUT2D eigenvalue weighted by atomic mass is 10.1. The second-order valence-corrected chi connectivity index (χ2v) is 6.02. The van der Waals surface area contributed by atoms with E-state index in [-0.39, 0.29) is 0 Å². The van der Waals surface area contributed by atoms with E-state index in [2.05, 4.69) is 72.0 Å². The number of hydrazone groups is 1. The maximum absolute atomic E-state index is 4.30. The lowest BCUT2D eigenvalue weighted by Crippen LogP contribution is -2.01. The molecule has 122 valence electrons. The molecule has 0 saturated carbocycles. The number of hydrogen-bond acceptors (Lipinski definition) is 3. The van der Waals surface area contributed by atoms with Gasteiger partial charge in [0.05, 0.1) is 6.21 Å². The van der Waals surface area contributed by atoms with Crippen LogP contribution in [0.3, 0.4) is 0 Å². The lowest BCUT2D eigenvalue weighted by Gasteiger charge is -2.11. The van der Waals surface area contributed by atoms with Gasteiger partial charge in [-0.25, -0.2) is 4.98 Å². The Morgan fingerprint density at radius 3 is 2.54 bits per heavy atom. The Kier molecular flexibility index (Phi) is 4.47. The Bertz CT molecular complexity index is 876. The largest absolute Gasteiger partial charge is 0.318 e. The number of benzene rings is 1. The van der Waals surface area contributed by atoms with Crippen molar-refractivity contribution in [1.29, 1.82) is 0 Å². The number of aryl methyl sites for hydroxylation is 3. The van der Waals surface area contributed by atoms with Gasteiger partial charge in [-0.3, -0.25) is 5.43 Å². The predicted molar refractivity (Wildman–Crippen MR) is 100 cm³/mol. The molecule has 4 heteroatoms. The van der Waals surface area contributed by atoms with Gasteiger partial charge in [-0.05, 0) is 69.2 Å². The third-order valence-corrected chi connectivity index (χ3v) is 4.27. The minimum absolute atomic E-state index is 0.733. The summed E-state index contributed by atoms with van der Waals surface area (Å²) >= 11 is 0. The van der Waals surface area contributed by atoms with Gasteiger partial charge in [-0.1, -0.05) is 12.1 Å². The van der Waals surface area contributed by atoms with Crippen LogP contribution in [0.4, 0.5) is 5.82 Å². The van der Waals surface area contributed by atoms with E-state index in [1.54, 1.807) is 6.20 Å². The summed E-state index contributed by atoms with van der Waals surface area (Å²) in [5.74, 6) is 0.733. The Balaban J connectivity index is 1.87. The summed E-state index contributed by atoms with van der Waals surface area (Å²) in [6, 6.07) is 14.4. The van der Waals surface area contributed by atoms with Crippen LogP contribution in [-0.2, 0) is 0 Å². The van der Waals surface area contributed by atoms with Gasteiger partial charge in [0.25, 0.3) is 0 Å². The molecule has 0 atom stereocenters.